The minimum Gasteiger partial charge on any atom is -0.326 e. The lowest BCUT2D eigenvalue weighted by molar-refractivity contribution is -0.116. The van der Waals surface area contributed by atoms with Gasteiger partial charge in [0.25, 0.3) is 5.91 Å². The Balaban J connectivity index is 1.77. The molecule has 2 N–H and O–H groups in total. The molecule has 0 saturated heterocycles. The van der Waals surface area contributed by atoms with Gasteiger partial charge < -0.3 is 10.6 Å². The molecule has 21 heavy (non-hydrogen) atoms. The molecule has 0 spiro atoms. The number of hydrogen-bond acceptors (Lipinski definition) is 2. The van der Waals surface area contributed by atoms with Gasteiger partial charge in [0.1, 0.15) is 0 Å². The Bertz CT molecular complexity index is 705. The number of nitrogens with one attached hydrogen (secondary N) is 2. The van der Waals surface area contributed by atoms with E-state index in [1.807, 2.05) is 43.3 Å². The molecule has 0 atom stereocenters. The zero-order valence-electron chi connectivity index (χ0n) is 11.8. The Morgan fingerprint density at radius 3 is 2.62 bits per heavy atom. The highest BCUT2D eigenvalue weighted by atomic mass is 16.2. The van der Waals surface area contributed by atoms with Crippen molar-refractivity contribution < 1.29 is 9.59 Å². The van der Waals surface area contributed by atoms with Gasteiger partial charge in [0.2, 0.25) is 5.91 Å². The third-order valence-electron chi connectivity index (χ3n) is 3.57. The number of carbonyl (C=O) groups is 2. The van der Waals surface area contributed by atoms with Gasteiger partial charge in [-0.3, -0.25) is 9.59 Å². The number of benzene rings is 2. The minimum absolute atomic E-state index is 0.0407. The molecule has 4 heteroatoms. The summed E-state index contributed by atoms with van der Waals surface area (Å²) in [5, 5.41) is 5.71. The van der Waals surface area contributed by atoms with Crippen LogP contribution in [0.25, 0.3) is 0 Å². The van der Waals surface area contributed by atoms with E-state index in [4.69, 9.17) is 0 Å². The maximum absolute atomic E-state index is 12.2. The predicted octanol–water partition coefficient (Wildman–Crippen LogP) is 3.13. The van der Waals surface area contributed by atoms with Gasteiger partial charge in [-0.1, -0.05) is 17.7 Å². The van der Waals surface area contributed by atoms with Crippen LogP contribution in [0.4, 0.5) is 11.4 Å². The topological polar surface area (TPSA) is 58.2 Å². The number of aryl methyl sites for hydroxylation is 2. The van der Waals surface area contributed by atoms with Crippen molar-refractivity contribution >= 4 is 23.2 Å². The maximum atomic E-state index is 12.2. The summed E-state index contributed by atoms with van der Waals surface area (Å²) in [5.74, 6) is -0.0891. The molecule has 1 aliphatic heterocycles. The second kappa shape index (κ2) is 5.40. The zero-order chi connectivity index (χ0) is 14.8. The highest BCUT2D eigenvalue weighted by molar-refractivity contribution is 6.04. The standard InChI is InChI=1S/C17H16N2O2/c1-11-2-4-12(5-3-11)17(21)18-14-7-8-15-13(10-14)6-9-16(20)19-15/h2-5,7-8,10H,6,9H2,1H3,(H,18,21)(H,19,20). The summed E-state index contributed by atoms with van der Waals surface area (Å²) in [4.78, 5) is 23.5. The van der Waals surface area contributed by atoms with Crippen LogP contribution in [0.2, 0.25) is 0 Å². The average Bonchev–Trinajstić information content (AvgIpc) is 2.48. The first-order valence-electron chi connectivity index (χ1n) is 6.92. The molecule has 0 unspecified atom stereocenters. The maximum Gasteiger partial charge on any atom is 0.255 e. The van der Waals surface area contributed by atoms with Crippen molar-refractivity contribution in [3.8, 4) is 0 Å². The summed E-state index contributed by atoms with van der Waals surface area (Å²) in [5.41, 5.74) is 4.38. The number of amides is 2. The number of carbonyl (C=O) groups excluding carboxylic acids is 2. The predicted molar refractivity (Wildman–Crippen MR) is 82.5 cm³/mol. The van der Waals surface area contributed by atoms with E-state index in [2.05, 4.69) is 10.6 Å². The summed E-state index contributed by atoms with van der Waals surface area (Å²) in [7, 11) is 0. The average molecular weight is 280 g/mol. The molecule has 0 aromatic heterocycles. The van der Waals surface area contributed by atoms with Crippen LogP contribution in [0.3, 0.4) is 0 Å². The van der Waals surface area contributed by atoms with Crippen LogP contribution in [0.1, 0.15) is 27.9 Å². The molecule has 1 aliphatic rings. The Kier molecular flexibility index (Phi) is 3.44. The highest BCUT2D eigenvalue weighted by Crippen LogP contribution is 2.25. The van der Waals surface area contributed by atoms with E-state index < -0.39 is 0 Å². The number of fused-ring (bicyclic) bond motifs is 1. The molecule has 2 aromatic rings. The monoisotopic (exact) mass is 280 g/mol. The third kappa shape index (κ3) is 2.94. The SMILES string of the molecule is Cc1ccc(C(=O)Nc2ccc3c(c2)CCC(=O)N3)cc1. The summed E-state index contributed by atoms with van der Waals surface area (Å²) in [6.45, 7) is 1.99. The van der Waals surface area contributed by atoms with Gasteiger partial charge in [-0.2, -0.15) is 0 Å². The molecule has 106 valence electrons. The Hall–Kier alpha value is -2.62. The van der Waals surface area contributed by atoms with Crippen LogP contribution in [-0.2, 0) is 11.2 Å². The van der Waals surface area contributed by atoms with Crippen molar-refractivity contribution in [2.24, 2.45) is 0 Å². The van der Waals surface area contributed by atoms with Gasteiger partial charge in [-0.15, -0.1) is 0 Å². The fourth-order valence-electron chi connectivity index (χ4n) is 2.37. The molecule has 0 aliphatic carbocycles. The van der Waals surface area contributed by atoms with Gasteiger partial charge in [-0.05, 0) is 49.2 Å². The lowest BCUT2D eigenvalue weighted by Crippen LogP contribution is -2.19. The lowest BCUT2D eigenvalue weighted by atomic mass is 10.0. The van der Waals surface area contributed by atoms with Crippen molar-refractivity contribution in [1.82, 2.24) is 0 Å². The second-order valence-corrected chi connectivity index (χ2v) is 5.24. The van der Waals surface area contributed by atoms with Crippen molar-refractivity contribution in [3.05, 3.63) is 59.2 Å². The summed E-state index contributed by atoms with van der Waals surface area (Å²) in [6, 6.07) is 13.0. The summed E-state index contributed by atoms with van der Waals surface area (Å²) in [6.07, 6.45) is 1.19. The normalized spacial score (nSPS) is 13.3. The van der Waals surface area contributed by atoms with Crippen LogP contribution in [0.5, 0.6) is 0 Å². The first-order chi connectivity index (χ1) is 10.1. The van der Waals surface area contributed by atoms with Crippen LogP contribution in [0.15, 0.2) is 42.5 Å². The van der Waals surface area contributed by atoms with E-state index in [1.165, 1.54) is 0 Å². The van der Waals surface area contributed by atoms with Gasteiger partial charge in [-0.25, -0.2) is 0 Å². The molecule has 4 nitrogen and oxygen atoms in total. The number of rotatable bonds is 2. The van der Waals surface area contributed by atoms with Gasteiger partial charge in [0.05, 0.1) is 0 Å². The van der Waals surface area contributed by atoms with Gasteiger partial charge >= 0.3 is 0 Å². The fourth-order valence-corrected chi connectivity index (χ4v) is 2.37. The smallest absolute Gasteiger partial charge is 0.255 e. The highest BCUT2D eigenvalue weighted by Gasteiger charge is 2.15. The van der Waals surface area contributed by atoms with Crippen molar-refractivity contribution in [3.63, 3.8) is 0 Å². The first-order valence-corrected chi connectivity index (χ1v) is 6.92. The Labute approximate surface area is 123 Å². The molecule has 0 saturated carbocycles. The lowest BCUT2D eigenvalue weighted by Gasteiger charge is -2.17. The van der Waals surface area contributed by atoms with Gasteiger partial charge in [0, 0.05) is 23.4 Å². The fraction of sp³-hybridized carbons (Fsp3) is 0.176. The van der Waals surface area contributed by atoms with E-state index in [0.717, 1.165) is 22.5 Å². The zero-order valence-corrected chi connectivity index (χ0v) is 11.8. The minimum atomic E-state index is -0.130. The number of hydrogen-bond donors (Lipinski definition) is 2. The molecule has 2 aromatic carbocycles. The van der Waals surface area contributed by atoms with E-state index in [1.54, 1.807) is 6.07 Å². The molecular weight excluding hydrogens is 264 g/mol. The molecule has 2 amide bonds. The largest absolute Gasteiger partial charge is 0.326 e. The van der Waals surface area contributed by atoms with Crippen LogP contribution in [0, 0.1) is 6.92 Å². The van der Waals surface area contributed by atoms with Crippen LogP contribution >= 0.6 is 0 Å². The van der Waals surface area contributed by atoms with E-state index in [-0.39, 0.29) is 11.8 Å². The van der Waals surface area contributed by atoms with E-state index >= 15 is 0 Å². The molecular formula is C17H16N2O2. The Morgan fingerprint density at radius 1 is 1.10 bits per heavy atom. The number of anilines is 2. The van der Waals surface area contributed by atoms with E-state index in [9.17, 15) is 9.59 Å². The summed E-state index contributed by atoms with van der Waals surface area (Å²) < 4.78 is 0. The van der Waals surface area contributed by atoms with E-state index in [0.29, 0.717) is 18.4 Å². The molecule has 1 heterocycles. The molecule has 0 fully saturated rings. The van der Waals surface area contributed by atoms with Crippen LogP contribution < -0.4 is 10.6 Å². The van der Waals surface area contributed by atoms with Gasteiger partial charge in [0.15, 0.2) is 0 Å². The van der Waals surface area contributed by atoms with Crippen molar-refractivity contribution in [2.45, 2.75) is 19.8 Å². The van der Waals surface area contributed by atoms with Crippen molar-refractivity contribution in [1.29, 1.82) is 0 Å². The van der Waals surface area contributed by atoms with Crippen molar-refractivity contribution in [2.75, 3.05) is 10.6 Å². The quantitative estimate of drug-likeness (QED) is 0.888. The second-order valence-electron chi connectivity index (χ2n) is 5.24. The first kappa shape index (κ1) is 13.4. The molecule has 0 bridgehead atoms. The molecule has 0 radical (unpaired) electrons. The van der Waals surface area contributed by atoms with Crippen LogP contribution in [-0.4, -0.2) is 11.8 Å². The Morgan fingerprint density at radius 2 is 1.86 bits per heavy atom. The summed E-state index contributed by atoms with van der Waals surface area (Å²) >= 11 is 0. The third-order valence-corrected chi connectivity index (χ3v) is 3.57. The molecule has 3 rings (SSSR count).